The summed E-state index contributed by atoms with van der Waals surface area (Å²) in [5, 5.41) is 3.79. The molecule has 0 aliphatic carbocycles. The average Bonchev–Trinajstić information content (AvgIpc) is 3.31. The number of ether oxygens (including phenoxy) is 3. The number of methoxy groups -OCH3 is 3. The molecule has 0 fully saturated rings. The highest BCUT2D eigenvalue weighted by Crippen LogP contribution is 2.43. The van der Waals surface area contributed by atoms with Crippen molar-refractivity contribution in [2.24, 2.45) is 0 Å². The van der Waals surface area contributed by atoms with E-state index in [0.29, 0.717) is 29.4 Å². The van der Waals surface area contributed by atoms with Crippen LogP contribution in [0.5, 0.6) is 17.2 Å². The molecule has 2 heterocycles. The molecule has 0 saturated carbocycles. The third-order valence-corrected chi connectivity index (χ3v) is 5.91. The molecular formula is C28H28N2O5. The highest BCUT2D eigenvalue weighted by molar-refractivity contribution is 6.02. The van der Waals surface area contributed by atoms with Gasteiger partial charge in [0.05, 0.1) is 27.6 Å². The van der Waals surface area contributed by atoms with Gasteiger partial charge in [0.1, 0.15) is 22.8 Å². The second-order valence-electron chi connectivity index (χ2n) is 8.08. The van der Waals surface area contributed by atoms with Crippen LogP contribution in [0.3, 0.4) is 0 Å². The van der Waals surface area contributed by atoms with Crippen LogP contribution < -0.4 is 19.5 Å². The summed E-state index contributed by atoms with van der Waals surface area (Å²) in [5.41, 5.74) is 5.75. The van der Waals surface area contributed by atoms with Crippen molar-refractivity contribution in [3.05, 3.63) is 77.8 Å². The first-order chi connectivity index (χ1) is 17.0. The number of pyridine rings is 1. The summed E-state index contributed by atoms with van der Waals surface area (Å²) in [5.74, 6) is 1.87. The van der Waals surface area contributed by atoms with Crippen molar-refractivity contribution >= 4 is 22.4 Å². The number of aromatic nitrogens is 1. The third kappa shape index (κ3) is 4.84. The number of carbonyl (C=O) groups is 1. The van der Waals surface area contributed by atoms with E-state index in [0.717, 1.165) is 38.8 Å². The fourth-order valence-electron chi connectivity index (χ4n) is 4.12. The van der Waals surface area contributed by atoms with Crippen molar-refractivity contribution < 1.29 is 23.4 Å². The fraction of sp³-hybridized carbons (Fsp3) is 0.214. The monoisotopic (exact) mass is 472 g/mol. The Bertz CT molecular complexity index is 1390. The van der Waals surface area contributed by atoms with E-state index >= 15 is 0 Å². The van der Waals surface area contributed by atoms with Gasteiger partial charge in [-0.1, -0.05) is 6.07 Å². The number of allylic oxidation sites excluding steroid dienone is 1. The van der Waals surface area contributed by atoms with E-state index in [-0.39, 0.29) is 5.91 Å². The fourth-order valence-corrected chi connectivity index (χ4v) is 4.12. The SMILES string of the molecule is COc1ccc(OC)c(-c2coc3c(C)c(OC)c(/C(C)=C/C(=O)NCc4cccnc4)cc23)c1. The highest BCUT2D eigenvalue weighted by atomic mass is 16.5. The van der Waals surface area contributed by atoms with Crippen LogP contribution >= 0.6 is 0 Å². The Morgan fingerprint density at radius 2 is 1.91 bits per heavy atom. The first-order valence-corrected chi connectivity index (χ1v) is 11.1. The van der Waals surface area contributed by atoms with Crippen LogP contribution in [0, 0.1) is 6.92 Å². The molecule has 0 bridgehead atoms. The molecule has 4 rings (SSSR count). The van der Waals surface area contributed by atoms with Crippen molar-refractivity contribution in [2.75, 3.05) is 21.3 Å². The first kappa shape index (κ1) is 23.9. The number of furan rings is 1. The molecule has 0 aliphatic heterocycles. The van der Waals surface area contributed by atoms with Crippen LogP contribution in [-0.4, -0.2) is 32.2 Å². The van der Waals surface area contributed by atoms with Gasteiger partial charge in [0, 0.05) is 52.7 Å². The lowest BCUT2D eigenvalue weighted by Crippen LogP contribution is -2.20. The van der Waals surface area contributed by atoms with Crippen LogP contribution in [0.2, 0.25) is 0 Å². The highest BCUT2D eigenvalue weighted by Gasteiger charge is 2.20. The van der Waals surface area contributed by atoms with Gasteiger partial charge in [-0.15, -0.1) is 0 Å². The molecule has 0 unspecified atom stereocenters. The molecule has 7 nitrogen and oxygen atoms in total. The molecule has 7 heteroatoms. The van der Waals surface area contributed by atoms with E-state index in [1.807, 2.05) is 50.2 Å². The Labute approximate surface area is 204 Å². The molecule has 0 aliphatic rings. The van der Waals surface area contributed by atoms with E-state index in [9.17, 15) is 4.79 Å². The first-order valence-electron chi connectivity index (χ1n) is 11.1. The van der Waals surface area contributed by atoms with Gasteiger partial charge in [-0.25, -0.2) is 0 Å². The van der Waals surface area contributed by atoms with Crippen LogP contribution in [-0.2, 0) is 11.3 Å². The zero-order valence-electron chi connectivity index (χ0n) is 20.5. The zero-order valence-corrected chi connectivity index (χ0v) is 20.5. The van der Waals surface area contributed by atoms with Gasteiger partial charge in [0.25, 0.3) is 0 Å². The van der Waals surface area contributed by atoms with Crippen molar-refractivity contribution in [3.63, 3.8) is 0 Å². The number of nitrogens with one attached hydrogen (secondary N) is 1. The molecule has 4 aromatic rings. The van der Waals surface area contributed by atoms with Crippen molar-refractivity contribution in [2.45, 2.75) is 20.4 Å². The Morgan fingerprint density at radius 1 is 1.09 bits per heavy atom. The molecular weight excluding hydrogens is 444 g/mol. The van der Waals surface area contributed by atoms with Gasteiger partial charge in [0.15, 0.2) is 0 Å². The topological polar surface area (TPSA) is 82.8 Å². The molecule has 0 atom stereocenters. The molecule has 0 saturated heterocycles. The lowest BCUT2D eigenvalue weighted by molar-refractivity contribution is -0.116. The molecule has 1 N–H and O–H groups in total. The molecule has 180 valence electrons. The summed E-state index contributed by atoms with van der Waals surface area (Å²) >= 11 is 0. The largest absolute Gasteiger partial charge is 0.497 e. The number of hydrogen-bond acceptors (Lipinski definition) is 6. The van der Waals surface area contributed by atoms with Crippen LogP contribution in [0.25, 0.3) is 27.7 Å². The second kappa shape index (κ2) is 10.3. The number of rotatable bonds is 8. The normalized spacial score (nSPS) is 11.4. The molecule has 2 aromatic carbocycles. The van der Waals surface area contributed by atoms with Crippen LogP contribution in [0.4, 0.5) is 0 Å². The van der Waals surface area contributed by atoms with Crippen LogP contribution in [0.15, 0.2) is 65.5 Å². The quantitative estimate of drug-likeness (QED) is 0.339. The number of carbonyl (C=O) groups excluding carboxylic acids is 1. The van der Waals surface area contributed by atoms with Gasteiger partial charge >= 0.3 is 0 Å². The van der Waals surface area contributed by atoms with Gasteiger partial charge in [-0.2, -0.15) is 0 Å². The van der Waals surface area contributed by atoms with E-state index in [4.69, 9.17) is 18.6 Å². The molecule has 0 spiro atoms. The van der Waals surface area contributed by atoms with Gasteiger partial charge in [-0.3, -0.25) is 9.78 Å². The lowest BCUT2D eigenvalue weighted by Gasteiger charge is -2.14. The zero-order chi connectivity index (χ0) is 24.9. The third-order valence-electron chi connectivity index (χ3n) is 5.91. The van der Waals surface area contributed by atoms with Crippen molar-refractivity contribution in [3.8, 4) is 28.4 Å². The summed E-state index contributed by atoms with van der Waals surface area (Å²) in [6.07, 6.45) is 6.71. The Balaban J connectivity index is 1.76. The Kier molecular flexibility index (Phi) is 7.06. The molecule has 35 heavy (non-hydrogen) atoms. The number of nitrogens with zero attached hydrogens (tertiary/aromatic N) is 1. The molecule has 0 radical (unpaired) electrons. The minimum atomic E-state index is -0.201. The van der Waals surface area contributed by atoms with Crippen molar-refractivity contribution in [1.82, 2.24) is 10.3 Å². The summed E-state index contributed by atoms with van der Waals surface area (Å²) in [4.78, 5) is 16.7. The van der Waals surface area contributed by atoms with E-state index < -0.39 is 0 Å². The minimum Gasteiger partial charge on any atom is -0.497 e. The number of aryl methyl sites for hydroxylation is 1. The summed E-state index contributed by atoms with van der Waals surface area (Å²) < 4.78 is 22.7. The molecule has 1 amide bonds. The minimum absolute atomic E-state index is 0.201. The van der Waals surface area contributed by atoms with Crippen LogP contribution in [0.1, 0.15) is 23.6 Å². The molecule has 2 aromatic heterocycles. The predicted octanol–water partition coefficient (Wildman–Crippen LogP) is 5.55. The van der Waals surface area contributed by atoms with E-state index in [2.05, 4.69) is 10.3 Å². The van der Waals surface area contributed by atoms with E-state index in [1.54, 1.807) is 46.1 Å². The smallest absolute Gasteiger partial charge is 0.244 e. The van der Waals surface area contributed by atoms with E-state index in [1.165, 1.54) is 0 Å². The van der Waals surface area contributed by atoms with Crippen molar-refractivity contribution in [1.29, 1.82) is 0 Å². The maximum Gasteiger partial charge on any atom is 0.244 e. The van der Waals surface area contributed by atoms with Gasteiger partial charge in [0.2, 0.25) is 5.91 Å². The number of amides is 1. The standard InChI is InChI=1S/C28H28N2O5/c1-17(11-26(31)30-15-19-7-6-10-29-14-19)21-13-23-24(16-35-28(23)18(2)27(21)34-5)22-12-20(32-3)8-9-25(22)33-4/h6-14,16H,15H2,1-5H3,(H,30,31)/b17-11+. The summed E-state index contributed by atoms with van der Waals surface area (Å²) in [6.45, 7) is 4.22. The Hall–Kier alpha value is -4.26. The maximum absolute atomic E-state index is 12.6. The Morgan fingerprint density at radius 3 is 2.60 bits per heavy atom. The lowest BCUT2D eigenvalue weighted by atomic mass is 9.96. The number of fused-ring (bicyclic) bond motifs is 1. The number of hydrogen-bond donors (Lipinski definition) is 1. The number of benzene rings is 2. The summed E-state index contributed by atoms with van der Waals surface area (Å²) in [6, 6.07) is 11.4. The maximum atomic E-state index is 12.6. The van der Waals surface area contributed by atoms with Gasteiger partial charge < -0.3 is 23.9 Å². The van der Waals surface area contributed by atoms with Gasteiger partial charge in [-0.05, 0) is 55.3 Å². The predicted molar refractivity (Wildman–Crippen MR) is 136 cm³/mol. The average molecular weight is 473 g/mol. The summed E-state index contributed by atoms with van der Waals surface area (Å²) in [7, 11) is 4.87. The second-order valence-corrected chi connectivity index (χ2v) is 8.08.